The minimum absolute atomic E-state index is 0.0181. The zero-order valence-electron chi connectivity index (χ0n) is 8.66. The van der Waals surface area contributed by atoms with E-state index in [-0.39, 0.29) is 25.4 Å². The van der Waals surface area contributed by atoms with Gasteiger partial charge in [-0.3, -0.25) is 4.79 Å². The van der Waals surface area contributed by atoms with E-state index < -0.39 is 12.0 Å². The SMILES string of the molecule is C#CCC(NC(=O)CCOCC)C(=O)O. The van der Waals surface area contributed by atoms with Gasteiger partial charge in [0.2, 0.25) is 5.91 Å². The Morgan fingerprint density at radius 3 is 2.73 bits per heavy atom. The van der Waals surface area contributed by atoms with E-state index in [2.05, 4.69) is 11.2 Å². The highest BCUT2D eigenvalue weighted by Crippen LogP contribution is 1.92. The Balaban J connectivity index is 3.90. The first-order valence-electron chi connectivity index (χ1n) is 4.65. The van der Waals surface area contributed by atoms with Gasteiger partial charge in [0, 0.05) is 19.4 Å². The highest BCUT2D eigenvalue weighted by Gasteiger charge is 2.18. The Labute approximate surface area is 88.8 Å². The quantitative estimate of drug-likeness (QED) is 0.461. The first-order chi connectivity index (χ1) is 7.11. The molecular formula is C10H15NO4. The van der Waals surface area contributed by atoms with E-state index in [1.165, 1.54) is 0 Å². The topological polar surface area (TPSA) is 75.6 Å². The zero-order chi connectivity index (χ0) is 11.7. The second-order valence-corrected chi connectivity index (χ2v) is 2.81. The van der Waals surface area contributed by atoms with Gasteiger partial charge in [-0.1, -0.05) is 0 Å². The smallest absolute Gasteiger partial charge is 0.327 e. The van der Waals surface area contributed by atoms with Gasteiger partial charge in [-0.15, -0.1) is 12.3 Å². The fourth-order valence-corrected chi connectivity index (χ4v) is 0.894. The van der Waals surface area contributed by atoms with Crippen LogP contribution in [-0.2, 0) is 14.3 Å². The Morgan fingerprint density at radius 1 is 1.60 bits per heavy atom. The Kier molecular flexibility index (Phi) is 7.02. The number of amides is 1. The molecule has 0 saturated carbocycles. The predicted molar refractivity (Wildman–Crippen MR) is 54.1 cm³/mol. The minimum Gasteiger partial charge on any atom is -0.480 e. The zero-order valence-corrected chi connectivity index (χ0v) is 8.66. The normalized spacial score (nSPS) is 11.5. The van der Waals surface area contributed by atoms with Crippen LogP contribution in [0.2, 0.25) is 0 Å². The second kappa shape index (κ2) is 7.83. The third kappa shape index (κ3) is 6.52. The van der Waals surface area contributed by atoms with Crippen LogP contribution in [-0.4, -0.2) is 36.2 Å². The van der Waals surface area contributed by atoms with Crippen molar-refractivity contribution < 1.29 is 19.4 Å². The summed E-state index contributed by atoms with van der Waals surface area (Å²) in [7, 11) is 0. The van der Waals surface area contributed by atoms with Crippen LogP contribution >= 0.6 is 0 Å². The van der Waals surface area contributed by atoms with Crippen molar-refractivity contribution >= 4 is 11.9 Å². The number of aliphatic carboxylic acids is 1. The molecule has 0 rings (SSSR count). The molecule has 5 nitrogen and oxygen atoms in total. The summed E-state index contributed by atoms with van der Waals surface area (Å²) in [6.07, 6.45) is 5.10. The molecule has 0 aromatic carbocycles. The van der Waals surface area contributed by atoms with Crippen molar-refractivity contribution in [1.82, 2.24) is 5.32 Å². The summed E-state index contributed by atoms with van der Waals surface area (Å²) in [5.74, 6) is 0.698. The number of carboxylic acids is 1. The highest BCUT2D eigenvalue weighted by molar-refractivity contribution is 5.83. The molecule has 5 heteroatoms. The predicted octanol–water partition coefficient (Wildman–Crippen LogP) is 0.00570. The third-order valence-electron chi connectivity index (χ3n) is 1.63. The van der Waals surface area contributed by atoms with Crippen molar-refractivity contribution in [2.24, 2.45) is 0 Å². The van der Waals surface area contributed by atoms with Gasteiger partial charge in [0.05, 0.1) is 6.61 Å². The maximum Gasteiger partial charge on any atom is 0.327 e. The van der Waals surface area contributed by atoms with Gasteiger partial charge in [0.25, 0.3) is 0 Å². The number of terminal acetylenes is 1. The number of ether oxygens (including phenoxy) is 1. The summed E-state index contributed by atoms with van der Waals surface area (Å²) >= 11 is 0. The number of nitrogens with one attached hydrogen (secondary N) is 1. The Hall–Kier alpha value is -1.54. The van der Waals surface area contributed by atoms with Crippen molar-refractivity contribution in [2.75, 3.05) is 13.2 Å². The summed E-state index contributed by atoms with van der Waals surface area (Å²) in [5, 5.41) is 11.0. The third-order valence-corrected chi connectivity index (χ3v) is 1.63. The molecule has 1 amide bonds. The lowest BCUT2D eigenvalue weighted by Crippen LogP contribution is -2.40. The molecule has 0 saturated heterocycles. The molecule has 0 aliphatic rings. The minimum atomic E-state index is -1.13. The molecule has 0 spiro atoms. The molecule has 1 unspecified atom stereocenters. The molecule has 0 aromatic heterocycles. The summed E-state index contributed by atoms with van der Waals surface area (Å²) < 4.78 is 4.96. The van der Waals surface area contributed by atoms with Gasteiger partial charge < -0.3 is 15.2 Å². The van der Waals surface area contributed by atoms with Crippen molar-refractivity contribution in [3.05, 3.63) is 0 Å². The van der Waals surface area contributed by atoms with E-state index in [1.54, 1.807) is 0 Å². The summed E-state index contributed by atoms with van der Waals surface area (Å²) in [6, 6.07) is -1.01. The molecule has 0 radical (unpaired) electrons. The summed E-state index contributed by atoms with van der Waals surface area (Å²) in [6.45, 7) is 2.63. The largest absolute Gasteiger partial charge is 0.480 e. The molecule has 0 aliphatic carbocycles. The molecule has 0 heterocycles. The first kappa shape index (κ1) is 13.5. The van der Waals surface area contributed by atoms with Crippen LogP contribution in [0, 0.1) is 12.3 Å². The van der Waals surface area contributed by atoms with E-state index in [9.17, 15) is 9.59 Å². The standard InChI is InChI=1S/C10H15NO4/c1-3-5-8(10(13)14)11-9(12)6-7-15-4-2/h1,8H,4-7H2,2H3,(H,11,12)(H,13,14). The van der Waals surface area contributed by atoms with Crippen LogP contribution in [0.15, 0.2) is 0 Å². The van der Waals surface area contributed by atoms with Gasteiger partial charge in [-0.2, -0.15) is 0 Å². The molecule has 0 bridgehead atoms. The van der Waals surface area contributed by atoms with Crippen LogP contribution in [0.4, 0.5) is 0 Å². The molecule has 2 N–H and O–H groups in total. The maximum absolute atomic E-state index is 11.2. The number of hydrogen-bond acceptors (Lipinski definition) is 3. The number of hydrogen-bond donors (Lipinski definition) is 2. The highest BCUT2D eigenvalue weighted by atomic mass is 16.5. The van der Waals surface area contributed by atoms with E-state index in [1.807, 2.05) is 6.92 Å². The van der Waals surface area contributed by atoms with Gasteiger partial charge in [-0.05, 0) is 6.92 Å². The van der Waals surface area contributed by atoms with Crippen LogP contribution in [0.5, 0.6) is 0 Å². The fraction of sp³-hybridized carbons (Fsp3) is 0.600. The van der Waals surface area contributed by atoms with E-state index in [0.717, 1.165) is 0 Å². The monoisotopic (exact) mass is 213 g/mol. The Bertz CT molecular complexity index is 257. The second-order valence-electron chi connectivity index (χ2n) is 2.81. The van der Waals surface area contributed by atoms with Crippen molar-refractivity contribution in [2.45, 2.75) is 25.8 Å². The maximum atomic E-state index is 11.2. The molecule has 1 atom stereocenters. The molecule has 84 valence electrons. The Morgan fingerprint density at radius 2 is 2.27 bits per heavy atom. The number of carbonyl (C=O) groups is 2. The lowest BCUT2D eigenvalue weighted by molar-refractivity contribution is -0.141. The molecular weight excluding hydrogens is 198 g/mol. The van der Waals surface area contributed by atoms with Crippen LogP contribution in [0.1, 0.15) is 19.8 Å². The summed E-state index contributed by atoms with van der Waals surface area (Å²) in [4.78, 5) is 21.8. The van der Waals surface area contributed by atoms with Crippen LogP contribution in [0.3, 0.4) is 0 Å². The fourth-order valence-electron chi connectivity index (χ4n) is 0.894. The number of rotatable bonds is 7. The van der Waals surface area contributed by atoms with Gasteiger partial charge in [0.1, 0.15) is 6.04 Å². The molecule has 0 aliphatic heterocycles. The van der Waals surface area contributed by atoms with Gasteiger partial charge in [0.15, 0.2) is 0 Å². The van der Waals surface area contributed by atoms with E-state index in [0.29, 0.717) is 6.61 Å². The number of carboxylic acid groups (broad SMARTS) is 1. The van der Waals surface area contributed by atoms with E-state index >= 15 is 0 Å². The van der Waals surface area contributed by atoms with Crippen LogP contribution < -0.4 is 5.32 Å². The molecule has 0 fully saturated rings. The lowest BCUT2D eigenvalue weighted by atomic mass is 10.2. The number of carbonyl (C=O) groups excluding carboxylic acids is 1. The molecule has 0 aromatic rings. The van der Waals surface area contributed by atoms with Crippen molar-refractivity contribution in [3.8, 4) is 12.3 Å². The lowest BCUT2D eigenvalue weighted by Gasteiger charge is -2.11. The first-order valence-corrected chi connectivity index (χ1v) is 4.65. The van der Waals surface area contributed by atoms with E-state index in [4.69, 9.17) is 16.3 Å². The van der Waals surface area contributed by atoms with Gasteiger partial charge in [-0.25, -0.2) is 4.79 Å². The molecule has 15 heavy (non-hydrogen) atoms. The van der Waals surface area contributed by atoms with Crippen molar-refractivity contribution in [1.29, 1.82) is 0 Å². The summed E-state index contributed by atoms with van der Waals surface area (Å²) in [5.41, 5.74) is 0. The average Bonchev–Trinajstić information content (AvgIpc) is 2.17. The van der Waals surface area contributed by atoms with Crippen LogP contribution in [0.25, 0.3) is 0 Å². The van der Waals surface area contributed by atoms with Gasteiger partial charge >= 0.3 is 5.97 Å². The van der Waals surface area contributed by atoms with Crippen molar-refractivity contribution in [3.63, 3.8) is 0 Å². The average molecular weight is 213 g/mol.